The van der Waals surface area contributed by atoms with Gasteiger partial charge in [-0.1, -0.05) is 24.3 Å². The molecule has 0 saturated heterocycles. The van der Waals surface area contributed by atoms with Gasteiger partial charge < -0.3 is 0 Å². The van der Waals surface area contributed by atoms with Gasteiger partial charge in [0.05, 0.1) is 42.6 Å². The molecule has 2 aromatic carbocycles. The lowest BCUT2D eigenvalue weighted by atomic mass is 10.3. The molecule has 4 aromatic rings. The van der Waals surface area contributed by atoms with E-state index in [1.165, 1.54) is 53.1 Å². The number of aromatic nitrogens is 2. The van der Waals surface area contributed by atoms with E-state index >= 15 is 0 Å². The Hall–Kier alpha value is -0.420. The second-order valence-electron chi connectivity index (χ2n) is 4.27. The van der Waals surface area contributed by atoms with E-state index in [1.54, 1.807) is 22.7 Å². The number of hydrogen-bond acceptors (Lipinski definition) is 9. The van der Waals surface area contributed by atoms with Gasteiger partial charge in [0.15, 0.2) is 8.68 Å². The maximum Gasteiger partial charge on any atom is 0.163 e. The van der Waals surface area contributed by atoms with Gasteiger partial charge in [0.25, 0.3) is 0 Å². The molecule has 0 amide bonds. The zero-order chi connectivity index (χ0) is 15.5. The highest BCUT2D eigenvalue weighted by atomic mass is 33.2. The van der Waals surface area contributed by atoms with Crippen LogP contribution in [0.15, 0.2) is 57.2 Å². The van der Waals surface area contributed by atoms with Crippen molar-refractivity contribution in [3.05, 3.63) is 48.5 Å². The summed E-state index contributed by atoms with van der Waals surface area (Å²) in [5, 5.41) is 0. The predicted octanol–water partition coefficient (Wildman–Crippen LogP) is 6.93. The summed E-state index contributed by atoms with van der Waals surface area (Å²) in [6.45, 7) is 0. The van der Waals surface area contributed by atoms with Crippen molar-refractivity contribution >= 4 is 86.8 Å². The molecule has 0 aliphatic carbocycles. The highest BCUT2D eigenvalue weighted by Crippen LogP contribution is 2.44. The van der Waals surface area contributed by atoms with Crippen molar-refractivity contribution in [3.8, 4) is 0 Å². The van der Waals surface area contributed by atoms with E-state index in [0.717, 1.165) is 19.7 Å². The van der Waals surface area contributed by atoms with Crippen LogP contribution in [-0.4, -0.2) is 9.97 Å². The van der Waals surface area contributed by atoms with Crippen LogP contribution in [0.1, 0.15) is 0 Å². The maximum absolute atomic E-state index is 5.53. The Morgan fingerprint density at radius 1 is 0.696 bits per heavy atom. The molecule has 4 rings (SSSR count). The lowest BCUT2D eigenvalue weighted by Crippen LogP contribution is -1.66. The summed E-state index contributed by atoms with van der Waals surface area (Å²) in [5.41, 5.74) is 2.08. The van der Waals surface area contributed by atoms with Crippen LogP contribution in [0.3, 0.4) is 0 Å². The van der Waals surface area contributed by atoms with Crippen LogP contribution < -0.4 is 0 Å². The zero-order valence-electron chi connectivity index (χ0n) is 11.4. The highest BCUT2D eigenvalue weighted by molar-refractivity contribution is 8.81. The van der Waals surface area contributed by atoms with Crippen molar-refractivity contribution in [3.63, 3.8) is 0 Å². The number of thiazole rings is 2. The Labute approximate surface area is 156 Å². The Morgan fingerprint density at radius 3 is 1.65 bits per heavy atom. The predicted molar refractivity (Wildman–Crippen MR) is 107 cm³/mol. The van der Waals surface area contributed by atoms with E-state index in [2.05, 4.69) is 22.1 Å². The van der Waals surface area contributed by atoms with Crippen LogP contribution in [0, 0.1) is 0 Å². The molecule has 0 unspecified atom stereocenters. The van der Waals surface area contributed by atoms with Crippen molar-refractivity contribution in [2.45, 2.75) is 8.68 Å². The molecular formula is C14H8N2OS6. The van der Waals surface area contributed by atoms with Crippen LogP contribution in [0.25, 0.3) is 20.4 Å². The van der Waals surface area contributed by atoms with E-state index in [9.17, 15) is 0 Å². The first kappa shape index (κ1) is 16.1. The SMILES string of the molecule is c1ccc2sc(SSOSSc3nc4ccccc4s3)nc2c1. The normalized spacial score (nSPS) is 11.5. The summed E-state index contributed by atoms with van der Waals surface area (Å²) < 4.78 is 9.93. The van der Waals surface area contributed by atoms with Gasteiger partial charge in [0, 0.05) is 21.6 Å². The summed E-state index contributed by atoms with van der Waals surface area (Å²) in [6.07, 6.45) is 0. The van der Waals surface area contributed by atoms with E-state index in [0.29, 0.717) is 0 Å². The molecule has 0 aliphatic rings. The minimum absolute atomic E-state index is 1.00. The molecule has 0 spiro atoms. The lowest BCUT2D eigenvalue weighted by molar-refractivity contribution is 0.784. The van der Waals surface area contributed by atoms with Gasteiger partial charge in [-0.05, 0) is 24.3 Å². The smallest absolute Gasteiger partial charge is 0.163 e. The average molecular weight is 413 g/mol. The number of rotatable bonds is 6. The summed E-state index contributed by atoms with van der Waals surface area (Å²) in [6, 6.07) is 16.3. The maximum atomic E-state index is 5.53. The molecule has 0 atom stereocenters. The summed E-state index contributed by atoms with van der Waals surface area (Å²) in [7, 11) is 3.07. The first-order valence-corrected chi connectivity index (χ1v) is 12.2. The fourth-order valence-electron chi connectivity index (χ4n) is 1.87. The zero-order valence-corrected chi connectivity index (χ0v) is 16.3. The molecule has 0 bridgehead atoms. The van der Waals surface area contributed by atoms with E-state index in [4.69, 9.17) is 3.63 Å². The van der Waals surface area contributed by atoms with Gasteiger partial charge >= 0.3 is 0 Å². The van der Waals surface area contributed by atoms with E-state index in [-0.39, 0.29) is 0 Å². The van der Waals surface area contributed by atoms with Crippen LogP contribution in [0.5, 0.6) is 0 Å². The minimum Gasteiger partial charge on any atom is -0.229 e. The topological polar surface area (TPSA) is 35.0 Å². The molecule has 9 heteroatoms. The highest BCUT2D eigenvalue weighted by Gasteiger charge is 2.07. The number of benzene rings is 2. The van der Waals surface area contributed by atoms with Gasteiger partial charge in [-0.2, -0.15) is 0 Å². The summed E-state index contributed by atoms with van der Waals surface area (Å²) in [4.78, 5) is 9.10. The van der Waals surface area contributed by atoms with Crippen molar-refractivity contribution in [2.24, 2.45) is 0 Å². The van der Waals surface area contributed by atoms with Crippen LogP contribution in [0.2, 0.25) is 0 Å². The third-order valence-electron chi connectivity index (χ3n) is 2.81. The number of fused-ring (bicyclic) bond motifs is 2. The number of para-hydroxylation sites is 2. The molecule has 116 valence electrons. The van der Waals surface area contributed by atoms with Crippen molar-refractivity contribution in [1.82, 2.24) is 9.97 Å². The fraction of sp³-hybridized carbons (Fsp3) is 0. The molecule has 23 heavy (non-hydrogen) atoms. The molecule has 0 saturated carbocycles. The van der Waals surface area contributed by atoms with Crippen LogP contribution in [0.4, 0.5) is 0 Å². The number of hydrogen-bond donors (Lipinski definition) is 0. The molecule has 2 heterocycles. The summed E-state index contributed by atoms with van der Waals surface area (Å²) >= 11 is 6.02. The van der Waals surface area contributed by atoms with Gasteiger partial charge in [0.1, 0.15) is 0 Å². The van der Waals surface area contributed by atoms with Gasteiger partial charge in [-0.25, -0.2) is 13.6 Å². The van der Waals surface area contributed by atoms with Crippen LogP contribution >= 0.6 is 66.4 Å². The van der Waals surface area contributed by atoms with E-state index < -0.39 is 0 Å². The minimum atomic E-state index is 1.00. The molecular weight excluding hydrogens is 405 g/mol. The first-order chi connectivity index (χ1) is 11.4. The first-order valence-electron chi connectivity index (χ1n) is 6.44. The monoisotopic (exact) mass is 412 g/mol. The van der Waals surface area contributed by atoms with Gasteiger partial charge in [-0.15, -0.1) is 22.7 Å². The van der Waals surface area contributed by atoms with Gasteiger partial charge in [-0.3, -0.25) is 0 Å². The molecule has 3 nitrogen and oxygen atoms in total. The van der Waals surface area contributed by atoms with Crippen molar-refractivity contribution < 1.29 is 3.63 Å². The van der Waals surface area contributed by atoms with Crippen molar-refractivity contribution in [1.29, 1.82) is 0 Å². The Bertz CT molecular complexity index is 795. The largest absolute Gasteiger partial charge is 0.229 e. The molecule has 0 fully saturated rings. The summed E-state index contributed by atoms with van der Waals surface area (Å²) in [5.74, 6) is 0. The Kier molecular flexibility index (Phi) is 5.34. The van der Waals surface area contributed by atoms with Crippen molar-refractivity contribution in [2.75, 3.05) is 0 Å². The third-order valence-corrected chi connectivity index (χ3v) is 9.51. The Morgan fingerprint density at radius 2 is 1.17 bits per heavy atom. The standard InChI is InChI=1S/C14H8N2OS6/c1-3-7-11-9(5-1)15-13(18-11)20-22-17-23-21-14-16-10-6-2-4-8-12(10)19-14/h1-8H. The molecule has 0 aliphatic heterocycles. The second-order valence-corrected chi connectivity index (χ2v) is 10.6. The van der Waals surface area contributed by atoms with Gasteiger partial charge in [0.2, 0.25) is 0 Å². The molecule has 0 radical (unpaired) electrons. The van der Waals surface area contributed by atoms with Crippen LogP contribution in [-0.2, 0) is 3.63 Å². The average Bonchev–Trinajstić information content (AvgIpc) is 3.17. The third kappa shape index (κ3) is 3.98. The van der Waals surface area contributed by atoms with E-state index in [1.807, 2.05) is 36.4 Å². The Balaban J connectivity index is 1.27. The number of nitrogens with zero attached hydrogens (tertiary/aromatic N) is 2. The quantitative estimate of drug-likeness (QED) is 0.193. The molecule has 2 aromatic heterocycles. The lowest BCUT2D eigenvalue weighted by Gasteiger charge is -1.95. The molecule has 0 N–H and O–H groups in total. The fourth-order valence-corrected chi connectivity index (χ4v) is 7.78. The second kappa shape index (κ2) is 7.64.